The molecule has 1 aliphatic carbocycles. The van der Waals surface area contributed by atoms with E-state index in [0.717, 1.165) is 12.3 Å². The smallest absolute Gasteiger partial charge is 0.191 e. The van der Waals surface area contributed by atoms with E-state index in [0.29, 0.717) is 23.5 Å². The van der Waals surface area contributed by atoms with Crippen LogP contribution in [0.3, 0.4) is 0 Å². The van der Waals surface area contributed by atoms with Gasteiger partial charge in [-0.15, -0.1) is 0 Å². The quantitative estimate of drug-likeness (QED) is 0.648. The maximum absolute atomic E-state index is 12.6. The largest absolute Gasteiger partial charge is 0.370 e. The van der Waals surface area contributed by atoms with Crippen LogP contribution in [-0.2, 0) is 19.1 Å². The van der Waals surface area contributed by atoms with E-state index in [2.05, 4.69) is 20.8 Å². The maximum atomic E-state index is 12.6. The topological polar surface area (TPSA) is 52.6 Å². The molecule has 0 radical (unpaired) electrons. The van der Waals surface area contributed by atoms with Crippen LogP contribution in [0.4, 0.5) is 0 Å². The van der Waals surface area contributed by atoms with E-state index in [9.17, 15) is 9.59 Å². The van der Waals surface area contributed by atoms with Crippen molar-refractivity contribution >= 4 is 11.6 Å². The minimum atomic E-state index is -0.806. The van der Waals surface area contributed by atoms with Gasteiger partial charge in [0.05, 0.1) is 0 Å². The van der Waals surface area contributed by atoms with Crippen molar-refractivity contribution < 1.29 is 19.1 Å². The van der Waals surface area contributed by atoms with Crippen LogP contribution >= 0.6 is 0 Å². The van der Waals surface area contributed by atoms with Gasteiger partial charge in [-0.05, 0) is 31.6 Å². The zero-order valence-corrected chi connectivity index (χ0v) is 15.5. The number of rotatable bonds is 9. The molecule has 23 heavy (non-hydrogen) atoms. The summed E-state index contributed by atoms with van der Waals surface area (Å²) in [5.74, 6) is 1.07. The summed E-state index contributed by atoms with van der Waals surface area (Å²) < 4.78 is 10.4. The highest BCUT2D eigenvalue weighted by Crippen LogP contribution is 2.28. The minimum Gasteiger partial charge on any atom is -0.370 e. The lowest BCUT2D eigenvalue weighted by Gasteiger charge is -2.29. The maximum Gasteiger partial charge on any atom is 0.191 e. The second kappa shape index (κ2) is 9.33. The van der Waals surface area contributed by atoms with Gasteiger partial charge in [0.2, 0.25) is 0 Å². The standard InChI is InChI=1S/C19H32O4/c1-12(2)8-7-9-13(3)10-11-15-14(4)16(20)18(22-5)19(23-6)17(15)21/h12-13,18-19H,7-11H2,1-6H3/t13?,18-,19+/m1/s1. The first-order valence-electron chi connectivity index (χ1n) is 8.67. The lowest BCUT2D eigenvalue weighted by Crippen LogP contribution is -2.47. The molecule has 1 aliphatic rings. The molecule has 0 aromatic heterocycles. The molecule has 4 heteroatoms. The van der Waals surface area contributed by atoms with E-state index in [-0.39, 0.29) is 11.6 Å². The Morgan fingerprint density at radius 1 is 0.913 bits per heavy atom. The molecule has 0 heterocycles. The molecule has 0 fully saturated rings. The highest BCUT2D eigenvalue weighted by molar-refractivity contribution is 6.15. The zero-order valence-electron chi connectivity index (χ0n) is 15.5. The summed E-state index contributed by atoms with van der Waals surface area (Å²) in [5, 5.41) is 0. The zero-order chi connectivity index (χ0) is 17.6. The number of carbonyl (C=O) groups excluding carboxylic acids is 2. The number of carbonyl (C=O) groups is 2. The fourth-order valence-electron chi connectivity index (χ4n) is 3.18. The Balaban J connectivity index is 2.69. The van der Waals surface area contributed by atoms with Crippen LogP contribution < -0.4 is 0 Å². The van der Waals surface area contributed by atoms with Crippen LogP contribution in [0.2, 0.25) is 0 Å². The second-order valence-electron chi connectivity index (χ2n) is 7.11. The summed E-state index contributed by atoms with van der Waals surface area (Å²) in [4.78, 5) is 24.9. The van der Waals surface area contributed by atoms with Crippen LogP contribution in [0.1, 0.15) is 59.8 Å². The summed E-state index contributed by atoms with van der Waals surface area (Å²) >= 11 is 0. The van der Waals surface area contributed by atoms with Gasteiger partial charge in [0, 0.05) is 25.4 Å². The third-order valence-electron chi connectivity index (χ3n) is 4.78. The molecule has 0 aromatic rings. The molecular formula is C19H32O4. The molecule has 1 unspecified atom stereocenters. The van der Waals surface area contributed by atoms with Crippen molar-refractivity contribution in [2.75, 3.05) is 14.2 Å². The average molecular weight is 324 g/mol. The molecule has 132 valence electrons. The molecule has 0 bridgehead atoms. The third-order valence-corrected chi connectivity index (χ3v) is 4.78. The van der Waals surface area contributed by atoms with E-state index in [1.807, 2.05) is 0 Å². The highest BCUT2D eigenvalue weighted by atomic mass is 16.5. The highest BCUT2D eigenvalue weighted by Gasteiger charge is 2.41. The number of Topliss-reactive ketones (excluding diaryl/α,β-unsaturated/α-hetero) is 2. The molecule has 1 rings (SSSR count). The molecule has 3 atom stereocenters. The summed E-state index contributed by atoms with van der Waals surface area (Å²) in [6.07, 6.45) is 3.59. The van der Waals surface area contributed by atoms with Gasteiger partial charge < -0.3 is 9.47 Å². The van der Waals surface area contributed by atoms with Crippen LogP contribution in [0, 0.1) is 11.8 Å². The molecule has 0 spiro atoms. The van der Waals surface area contributed by atoms with Gasteiger partial charge >= 0.3 is 0 Å². The van der Waals surface area contributed by atoms with E-state index < -0.39 is 12.2 Å². The lowest BCUT2D eigenvalue weighted by atomic mass is 9.82. The molecule has 0 saturated heterocycles. The van der Waals surface area contributed by atoms with Gasteiger partial charge in [0.15, 0.2) is 23.8 Å². The van der Waals surface area contributed by atoms with Gasteiger partial charge in [-0.25, -0.2) is 0 Å². The van der Waals surface area contributed by atoms with Crippen molar-refractivity contribution in [2.45, 2.75) is 72.0 Å². The fraction of sp³-hybridized carbons (Fsp3) is 0.789. The molecule has 0 aromatic carbocycles. The van der Waals surface area contributed by atoms with Crippen LogP contribution in [0.5, 0.6) is 0 Å². The molecule has 0 amide bonds. The Morgan fingerprint density at radius 2 is 1.48 bits per heavy atom. The Bertz CT molecular complexity index is 450. The number of ether oxygens (including phenoxy) is 2. The first-order valence-corrected chi connectivity index (χ1v) is 8.67. The van der Waals surface area contributed by atoms with E-state index in [1.54, 1.807) is 6.92 Å². The Labute approximate surface area is 140 Å². The SMILES string of the molecule is CO[C@@H]1C(=O)C(C)=C(CCC(C)CCCC(C)C)C(=O)[C@@H]1OC. The first kappa shape index (κ1) is 20.0. The Kier molecular flexibility index (Phi) is 8.13. The fourth-order valence-corrected chi connectivity index (χ4v) is 3.18. The van der Waals surface area contributed by atoms with Crippen molar-refractivity contribution in [3.63, 3.8) is 0 Å². The summed E-state index contributed by atoms with van der Waals surface area (Å²) in [6.45, 7) is 8.43. The number of ketones is 2. The molecular weight excluding hydrogens is 292 g/mol. The van der Waals surface area contributed by atoms with Crippen molar-refractivity contribution in [3.8, 4) is 0 Å². The van der Waals surface area contributed by atoms with Crippen LogP contribution in [0.25, 0.3) is 0 Å². The van der Waals surface area contributed by atoms with Crippen LogP contribution in [0.15, 0.2) is 11.1 Å². The van der Waals surface area contributed by atoms with Crippen molar-refractivity contribution in [1.29, 1.82) is 0 Å². The molecule has 0 N–H and O–H groups in total. The van der Waals surface area contributed by atoms with Crippen molar-refractivity contribution in [3.05, 3.63) is 11.1 Å². The van der Waals surface area contributed by atoms with E-state index in [4.69, 9.17) is 9.47 Å². The number of hydrogen-bond acceptors (Lipinski definition) is 4. The molecule has 0 saturated carbocycles. The third kappa shape index (κ3) is 5.25. The van der Waals surface area contributed by atoms with Gasteiger partial charge in [-0.1, -0.05) is 40.0 Å². The molecule has 4 nitrogen and oxygen atoms in total. The predicted octanol–water partition coefficient (Wildman–Crippen LogP) is 3.73. The minimum absolute atomic E-state index is 0.0918. The van der Waals surface area contributed by atoms with E-state index in [1.165, 1.54) is 33.5 Å². The Morgan fingerprint density at radius 3 is 2.00 bits per heavy atom. The van der Waals surface area contributed by atoms with Gasteiger partial charge in [0.1, 0.15) is 0 Å². The van der Waals surface area contributed by atoms with Gasteiger partial charge in [-0.3, -0.25) is 9.59 Å². The number of methoxy groups -OCH3 is 2. The summed E-state index contributed by atoms with van der Waals surface area (Å²) in [5.41, 5.74) is 1.18. The Hall–Kier alpha value is -1.00. The lowest BCUT2D eigenvalue weighted by molar-refractivity contribution is -0.146. The first-order chi connectivity index (χ1) is 10.8. The van der Waals surface area contributed by atoms with Crippen molar-refractivity contribution in [1.82, 2.24) is 0 Å². The average Bonchev–Trinajstić information content (AvgIpc) is 2.50. The van der Waals surface area contributed by atoms with Crippen molar-refractivity contribution in [2.24, 2.45) is 11.8 Å². The van der Waals surface area contributed by atoms with E-state index >= 15 is 0 Å². The summed E-state index contributed by atoms with van der Waals surface area (Å²) in [6, 6.07) is 0. The van der Waals surface area contributed by atoms with Gasteiger partial charge in [0.25, 0.3) is 0 Å². The monoisotopic (exact) mass is 324 g/mol. The summed E-state index contributed by atoms with van der Waals surface area (Å²) in [7, 11) is 2.89. The predicted molar refractivity (Wildman–Crippen MR) is 91.4 cm³/mol. The van der Waals surface area contributed by atoms with Crippen LogP contribution in [-0.4, -0.2) is 38.0 Å². The second-order valence-corrected chi connectivity index (χ2v) is 7.11. The number of hydrogen-bond donors (Lipinski definition) is 0. The molecule has 0 aliphatic heterocycles. The normalized spacial score (nSPS) is 23.8. The van der Waals surface area contributed by atoms with Gasteiger partial charge in [-0.2, -0.15) is 0 Å².